The topological polar surface area (TPSA) is 86.5 Å². The molecule has 0 bridgehead atoms. The van der Waals surface area contributed by atoms with Crippen molar-refractivity contribution in [3.05, 3.63) is 60.2 Å². The maximum Gasteiger partial charge on any atom is 0.277 e. The third kappa shape index (κ3) is 4.20. The van der Waals surface area contributed by atoms with Crippen LogP contribution in [0.25, 0.3) is 0 Å². The van der Waals surface area contributed by atoms with Gasteiger partial charge >= 0.3 is 0 Å². The van der Waals surface area contributed by atoms with Crippen LogP contribution in [0.5, 0.6) is 11.5 Å². The fourth-order valence-corrected chi connectivity index (χ4v) is 2.98. The molecule has 0 aliphatic carbocycles. The van der Waals surface area contributed by atoms with Gasteiger partial charge in [0.05, 0.1) is 5.75 Å². The molecular formula is C18H14FN3O4S. The van der Waals surface area contributed by atoms with Crippen LogP contribution in [0.3, 0.4) is 0 Å². The van der Waals surface area contributed by atoms with E-state index in [0.29, 0.717) is 17.2 Å². The Morgan fingerprint density at radius 3 is 2.74 bits per heavy atom. The predicted octanol–water partition coefficient (Wildman–Crippen LogP) is 3.45. The van der Waals surface area contributed by atoms with E-state index in [1.165, 1.54) is 24.3 Å². The summed E-state index contributed by atoms with van der Waals surface area (Å²) in [6.07, 6.45) is -0.505. The number of fused-ring (bicyclic) bond motifs is 1. The molecule has 0 radical (unpaired) electrons. The van der Waals surface area contributed by atoms with Crippen LogP contribution in [0.15, 0.2) is 58.2 Å². The quantitative estimate of drug-likeness (QED) is 0.671. The molecule has 7 nitrogen and oxygen atoms in total. The van der Waals surface area contributed by atoms with E-state index in [1.807, 2.05) is 18.2 Å². The van der Waals surface area contributed by atoms with E-state index >= 15 is 0 Å². The highest BCUT2D eigenvalue weighted by atomic mass is 32.2. The summed E-state index contributed by atoms with van der Waals surface area (Å²) in [7, 11) is 0. The molecule has 0 unspecified atom stereocenters. The minimum Gasteiger partial charge on any atom is -0.485 e. The van der Waals surface area contributed by atoms with Crippen molar-refractivity contribution in [1.82, 2.24) is 10.2 Å². The Morgan fingerprint density at radius 1 is 1.15 bits per heavy atom. The molecule has 1 amide bonds. The number of hydrogen-bond donors (Lipinski definition) is 1. The standard InChI is InChI=1S/C18H14FN3O4S/c19-11-5-7-12(8-6-11)20-16(23)10-27-18-22-21-17(26-18)15-9-24-13-3-1-2-4-14(13)25-15/h1-8,15H,9-10H2,(H,20,23)/t15-/m1/s1. The number of para-hydroxylation sites is 2. The SMILES string of the molecule is O=C(CSc1nnc([C@H]2COc3ccccc3O2)o1)Nc1ccc(F)cc1. The summed E-state index contributed by atoms with van der Waals surface area (Å²) in [5.74, 6) is 1.00. The number of thioether (sulfide) groups is 1. The monoisotopic (exact) mass is 387 g/mol. The smallest absolute Gasteiger partial charge is 0.277 e. The number of halogens is 1. The van der Waals surface area contributed by atoms with E-state index in [4.69, 9.17) is 13.9 Å². The van der Waals surface area contributed by atoms with E-state index in [9.17, 15) is 9.18 Å². The molecule has 138 valence electrons. The first-order valence-electron chi connectivity index (χ1n) is 8.07. The summed E-state index contributed by atoms with van der Waals surface area (Å²) < 4.78 is 29.9. The van der Waals surface area contributed by atoms with Gasteiger partial charge in [-0.3, -0.25) is 4.79 Å². The first kappa shape index (κ1) is 17.3. The van der Waals surface area contributed by atoms with Crippen molar-refractivity contribution < 1.29 is 23.1 Å². The summed E-state index contributed by atoms with van der Waals surface area (Å²) in [4.78, 5) is 12.0. The number of benzene rings is 2. The van der Waals surface area contributed by atoms with Gasteiger partial charge in [-0.25, -0.2) is 4.39 Å². The van der Waals surface area contributed by atoms with Crippen molar-refractivity contribution in [3.63, 3.8) is 0 Å². The summed E-state index contributed by atoms with van der Waals surface area (Å²) in [6, 6.07) is 12.9. The fourth-order valence-electron chi connectivity index (χ4n) is 2.41. The molecule has 0 fully saturated rings. The fraction of sp³-hybridized carbons (Fsp3) is 0.167. The Labute approximate surface area is 157 Å². The largest absolute Gasteiger partial charge is 0.485 e. The minimum absolute atomic E-state index is 0.0733. The second-order valence-corrected chi connectivity index (χ2v) is 6.54. The number of nitrogens with zero attached hydrogens (tertiary/aromatic N) is 2. The van der Waals surface area contributed by atoms with Gasteiger partial charge in [0.15, 0.2) is 11.5 Å². The number of amides is 1. The normalized spacial score (nSPS) is 15.4. The minimum atomic E-state index is -0.505. The van der Waals surface area contributed by atoms with Crippen LogP contribution < -0.4 is 14.8 Å². The van der Waals surface area contributed by atoms with Crippen molar-refractivity contribution >= 4 is 23.4 Å². The van der Waals surface area contributed by atoms with E-state index in [1.54, 1.807) is 6.07 Å². The van der Waals surface area contributed by atoms with Crippen LogP contribution >= 0.6 is 11.8 Å². The molecule has 1 aromatic heterocycles. The Kier molecular flexibility index (Phi) is 4.93. The number of nitrogens with one attached hydrogen (secondary N) is 1. The summed E-state index contributed by atoms with van der Waals surface area (Å²) in [5, 5.41) is 10.8. The summed E-state index contributed by atoms with van der Waals surface area (Å²) in [5.41, 5.74) is 0.514. The Balaban J connectivity index is 1.32. The lowest BCUT2D eigenvalue weighted by Gasteiger charge is -2.23. The number of carbonyl (C=O) groups is 1. The molecule has 2 aromatic carbocycles. The maximum absolute atomic E-state index is 12.9. The van der Waals surface area contributed by atoms with Crippen LogP contribution in [0, 0.1) is 5.82 Å². The number of ether oxygens (including phenoxy) is 2. The van der Waals surface area contributed by atoms with Crippen LogP contribution in [0.4, 0.5) is 10.1 Å². The third-order valence-corrected chi connectivity index (χ3v) is 4.48. The molecule has 3 aromatic rings. The zero-order chi connectivity index (χ0) is 18.6. The van der Waals surface area contributed by atoms with Gasteiger partial charge in [-0.2, -0.15) is 0 Å². The van der Waals surface area contributed by atoms with Gasteiger partial charge in [0.2, 0.25) is 12.0 Å². The number of anilines is 1. The molecular weight excluding hydrogens is 373 g/mol. The van der Waals surface area contributed by atoms with Crippen molar-refractivity contribution in [2.75, 3.05) is 17.7 Å². The second kappa shape index (κ2) is 7.67. The number of rotatable bonds is 5. The molecule has 0 saturated carbocycles. The van der Waals surface area contributed by atoms with Gasteiger partial charge in [-0.05, 0) is 36.4 Å². The first-order chi connectivity index (χ1) is 13.2. The van der Waals surface area contributed by atoms with Gasteiger partial charge in [-0.1, -0.05) is 23.9 Å². The van der Waals surface area contributed by atoms with E-state index in [0.717, 1.165) is 11.8 Å². The molecule has 1 aliphatic heterocycles. The van der Waals surface area contributed by atoms with Crippen molar-refractivity contribution in [2.45, 2.75) is 11.3 Å². The zero-order valence-electron chi connectivity index (χ0n) is 13.9. The average Bonchev–Trinajstić information content (AvgIpc) is 3.17. The molecule has 1 N–H and O–H groups in total. The number of carbonyl (C=O) groups excluding carboxylic acids is 1. The highest BCUT2D eigenvalue weighted by Crippen LogP contribution is 2.35. The molecule has 0 saturated heterocycles. The molecule has 1 aliphatic rings. The molecule has 4 rings (SSSR count). The van der Waals surface area contributed by atoms with Gasteiger partial charge in [0.25, 0.3) is 11.1 Å². The second-order valence-electron chi connectivity index (χ2n) is 5.61. The van der Waals surface area contributed by atoms with Gasteiger partial charge in [0, 0.05) is 5.69 Å². The van der Waals surface area contributed by atoms with Crippen molar-refractivity contribution in [2.24, 2.45) is 0 Å². The molecule has 27 heavy (non-hydrogen) atoms. The van der Waals surface area contributed by atoms with Crippen LogP contribution in [0.1, 0.15) is 12.0 Å². The van der Waals surface area contributed by atoms with Gasteiger partial charge in [-0.15, -0.1) is 10.2 Å². The molecule has 9 heteroatoms. The highest BCUT2D eigenvalue weighted by molar-refractivity contribution is 7.99. The Morgan fingerprint density at radius 2 is 1.93 bits per heavy atom. The summed E-state index contributed by atoms with van der Waals surface area (Å²) >= 11 is 1.10. The molecule has 2 heterocycles. The highest BCUT2D eigenvalue weighted by Gasteiger charge is 2.27. The van der Waals surface area contributed by atoms with Crippen LogP contribution in [-0.4, -0.2) is 28.5 Å². The number of aromatic nitrogens is 2. The van der Waals surface area contributed by atoms with Crippen LogP contribution in [0.2, 0.25) is 0 Å². The average molecular weight is 387 g/mol. The first-order valence-corrected chi connectivity index (χ1v) is 9.06. The van der Waals surface area contributed by atoms with Crippen LogP contribution in [-0.2, 0) is 4.79 Å². The van der Waals surface area contributed by atoms with Gasteiger partial charge in [0.1, 0.15) is 12.4 Å². The third-order valence-electron chi connectivity index (χ3n) is 3.66. The molecule has 1 atom stereocenters. The Bertz CT molecular complexity index is 948. The number of hydrogen-bond acceptors (Lipinski definition) is 7. The predicted molar refractivity (Wildman–Crippen MR) is 95.4 cm³/mol. The summed E-state index contributed by atoms with van der Waals surface area (Å²) in [6.45, 7) is 0.258. The maximum atomic E-state index is 12.9. The Hall–Kier alpha value is -3.07. The lowest BCUT2D eigenvalue weighted by Crippen LogP contribution is -2.21. The molecule has 0 spiro atoms. The lowest BCUT2D eigenvalue weighted by atomic mass is 10.2. The van der Waals surface area contributed by atoms with Crippen molar-refractivity contribution in [3.8, 4) is 11.5 Å². The zero-order valence-corrected chi connectivity index (χ0v) is 14.7. The van der Waals surface area contributed by atoms with Gasteiger partial charge < -0.3 is 19.2 Å². The van der Waals surface area contributed by atoms with E-state index in [2.05, 4.69) is 15.5 Å². The van der Waals surface area contributed by atoms with Crippen molar-refractivity contribution in [1.29, 1.82) is 0 Å². The van der Waals surface area contributed by atoms with E-state index < -0.39 is 6.10 Å². The van der Waals surface area contributed by atoms with E-state index in [-0.39, 0.29) is 35.2 Å². The lowest BCUT2D eigenvalue weighted by molar-refractivity contribution is -0.113.